The number of hydrogen-bond donors (Lipinski definition) is 0. The van der Waals surface area contributed by atoms with Crippen molar-refractivity contribution in [2.24, 2.45) is 4.99 Å². The fraction of sp³-hybridized carbons (Fsp3) is 0.333. The maximum absolute atomic E-state index is 12.4. The van der Waals surface area contributed by atoms with Crippen LogP contribution in [0.3, 0.4) is 0 Å². The van der Waals surface area contributed by atoms with Gasteiger partial charge in [0.2, 0.25) is 7.70 Å². The van der Waals surface area contributed by atoms with Crippen molar-refractivity contribution in [3.05, 3.63) is 57.1 Å². The maximum Gasteiger partial charge on any atom is 0.388 e. The van der Waals surface area contributed by atoms with Crippen LogP contribution in [0.15, 0.2) is 40.1 Å². The summed E-state index contributed by atoms with van der Waals surface area (Å²) >= 11 is 6.40. The van der Waals surface area contributed by atoms with Crippen LogP contribution in [0.5, 0.6) is 0 Å². The number of halogens is 1. The summed E-state index contributed by atoms with van der Waals surface area (Å²) in [7, 11) is 3.06. The van der Waals surface area contributed by atoms with Crippen molar-refractivity contribution in [1.82, 2.24) is 14.2 Å². The SMILES string of the molecule is C=[P+](C)n1c2c(c(Cl)nc1=O)C(c1ccccc1)CC(CN(C)C)=N2. The summed E-state index contributed by atoms with van der Waals surface area (Å²) in [6.45, 7) is 2.65. The molecule has 130 valence electrons. The molecule has 0 saturated carbocycles. The Morgan fingerprint density at radius 1 is 1.36 bits per heavy atom. The van der Waals surface area contributed by atoms with E-state index in [1.165, 1.54) is 0 Å². The van der Waals surface area contributed by atoms with Crippen LogP contribution in [0.4, 0.5) is 5.82 Å². The van der Waals surface area contributed by atoms with Gasteiger partial charge in [0.05, 0.1) is 6.30 Å². The molecule has 2 atom stereocenters. The molecular formula is C18H21ClN4OP+. The minimum absolute atomic E-state index is 0.0328. The summed E-state index contributed by atoms with van der Waals surface area (Å²) in [5.74, 6) is 0.649. The molecule has 0 bridgehead atoms. The molecule has 7 heteroatoms. The predicted octanol–water partition coefficient (Wildman–Crippen LogP) is 3.37. The molecule has 0 spiro atoms. The van der Waals surface area contributed by atoms with Crippen LogP contribution >= 0.6 is 19.3 Å². The zero-order valence-corrected chi connectivity index (χ0v) is 16.3. The first-order valence-electron chi connectivity index (χ1n) is 8.01. The van der Waals surface area contributed by atoms with E-state index in [0.29, 0.717) is 5.82 Å². The number of benzene rings is 1. The van der Waals surface area contributed by atoms with Gasteiger partial charge in [-0.1, -0.05) is 46.3 Å². The number of aliphatic imine (C=N–C) groups is 1. The third kappa shape index (κ3) is 3.59. The van der Waals surface area contributed by atoms with Crippen LogP contribution in [-0.2, 0) is 0 Å². The normalized spacial score (nSPS) is 17.2. The average Bonchev–Trinajstić information content (AvgIpc) is 2.53. The first-order chi connectivity index (χ1) is 11.9. The molecule has 0 radical (unpaired) electrons. The Morgan fingerprint density at radius 2 is 2.04 bits per heavy atom. The van der Waals surface area contributed by atoms with Gasteiger partial charge in [-0.3, -0.25) is 0 Å². The molecule has 1 aromatic heterocycles. The van der Waals surface area contributed by atoms with Crippen molar-refractivity contribution in [2.75, 3.05) is 27.3 Å². The third-order valence-electron chi connectivity index (χ3n) is 4.13. The molecule has 0 aliphatic carbocycles. The fourth-order valence-electron chi connectivity index (χ4n) is 3.17. The minimum atomic E-state index is -0.958. The lowest BCUT2D eigenvalue weighted by Crippen LogP contribution is -2.29. The van der Waals surface area contributed by atoms with E-state index in [9.17, 15) is 4.79 Å². The lowest BCUT2D eigenvalue weighted by molar-refractivity contribution is 0.465. The van der Waals surface area contributed by atoms with E-state index < -0.39 is 7.70 Å². The molecule has 1 aliphatic heterocycles. The van der Waals surface area contributed by atoms with Gasteiger partial charge >= 0.3 is 5.69 Å². The van der Waals surface area contributed by atoms with Crippen LogP contribution in [0.2, 0.25) is 5.15 Å². The maximum atomic E-state index is 12.4. The van der Waals surface area contributed by atoms with E-state index in [1.807, 2.05) is 39.0 Å². The molecule has 0 saturated heterocycles. The van der Waals surface area contributed by atoms with Crippen molar-refractivity contribution < 1.29 is 0 Å². The van der Waals surface area contributed by atoms with E-state index in [-0.39, 0.29) is 16.8 Å². The van der Waals surface area contributed by atoms with Crippen LogP contribution in [-0.4, -0.2) is 53.5 Å². The van der Waals surface area contributed by atoms with Gasteiger partial charge in [0, 0.05) is 23.7 Å². The van der Waals surface area contributed by atoms with Gasteiger partial charge in [0.1, 0.15) is 11.8 Å². The molecule has 2 heterocycles. The Morgan fingerprint density at radius 3 is 2.64 bits per heavy atom. The highest BCUT2D eigenvalue weighted by atomic mass is 35.5. The molecule has 5 nitrogen and oxygen atoms in total. The molecule has 25 heavy (non-hydrogen) atoms. The van der Waals surface area contributed by atoms with E-state index in [0.717, 1.165) is 29.8 Å². The smallest absolute Gasteiger partial charge is 0.304 e. The van der Waals surface area contributed by atoms with Crippen molar-refractivity contribution in [3.63, 3.8) is 0 Å². The van der Waals surface area contributed by atoms with E-state index in [1.54, 1.807) is 4.34 Å². The molecule has 0 fully saturated rings. The Hall–Kier alpha value is -1.81. The minimum Gasteiger partial charge on any atom is -0.304 e. The van der Waals surface area contributed by atoms with E-state index in [4.69, 9.17) is 16.6 Å². The zero-order chi connectivity index (χ0) is 18.1. The topological polar surface area (TPSA) is 50.5 Å². The van der Waals surface area contributed by atoms with Gasteiger partial charge in [-0.05, 0) is 26.1 Å². The van der Waals surface area contributed by atoms with Gasteiger partial charge in [-0.25, -0.2) is 9.79 Å². The highest BCUT2D eigenvalue weighted by Crippen LogP contribution is 2.43. The summed E-state index contributed by atoms with van der Waals surface area (Å²) in [6.07, 6.45) is 4.81. The second-order valence-corrected chi connectivity index (χ2v) is 8.55. The van der Waals surface area contributed by atoms with Gasteiger partial charge < -0.3 is 4.90 Å². The van der Waals surface area contributed by atoms with E-state index >= 15 is 0 Å². The molecule has 0 amide bonds. The second kappa shape index (κ2) is 7.20. The molecule has 3 rings (SSSR count). The molecule has 1 aromatic carbocycles. The second-order valence-electron chi connectivity index (χ2n) is 6.48. The van der Waals surface area contributed by atoms with Gasteiger partial charge in [-0.2, -0.15) is 4.98 Å². The quantitative estimate of drug-likeness (QED) is 0.608. The van der Waals surface area contributed by atoms with Crippen molar-refractivity contribution in [1.29, 1.82) is 0 Å². The summed E-state index contributed by atoms with van der Waals surface area (Å²) in [6, 6.07) is 10.2. The lowest BCUT2D eigenvalue weighted by Gasteiger charge is -2.27. The first kappa shape index (κ1) is 18.0. The van der Waals surface area contributed by atoms with Crippen LogP contribution < -0.4 is 5.69 Å². The number of nitrogens with zero attached hydrogens (tertiary/aromatic N) is 4. The lowest BCUT2D eigenvalue weighted by atomic mass is 9.86. The van der Waals surface area contributed by atoms with E-state index in [2.05, 4.69) is 28.3 Å². The highest BCUT2D eigenvalue weighted by molar-refractivity contribution is 7.53. The number of aromatic nitrogens is 2. The van der Waals surface area contributed by atoms with Crippen molar-refractivity contribution >= 4 is 37.1 Å². The molecule has 2 unspecified atom stereocenters. The molecular weight excluding hydrogens is 355 g/mol. The molecule has 2 aromatic rings. The number of rotatable bonds is 4. The number of fused-ring (bicyclic) bond motifs is 1. The third-order valence-corrected chi connectivity index (χ3v) is 5.46. The summed E-state index contributed by atoms with van der Waals surface area (Å²) in [4.78, 5) is 23.3. The Bertz CT molecular complexity index is 905. The fourth-order valence-corrected chi connectivity index (χ4v) is 4.27. The summed E-state index contributed by atoms with van der Waals surface area (Å²) in [5.41, 5.74) is 2.62. The zero-order valence-electron chi connectivity index (χ0n) is 14.6. The Balaban J connectivity index is 2.28. The molecule has 1 aliphatic rings. The average molecular weight is 376 g/mol. The highest BCUT2D eigenvalue weighted by Gasteiger charge is 2.32. The van der Waals surface area contributed by atoms with Gasteiger partial charge in [0.15, 0.2) is 5.82 Å². The summed E-state index contributed by atoms with van der Waals surface area (Å²) < 4.78 is 1.60. The van der Waals surface area contributed by atoms with Crippen LogP contribution in [0.1, 0.15) is 23.5 Å². The Kier molecular flexibility index (Phi) is 5.19. The largest absolute Gasteiger partial charge is 0.388 e. The van der Waals surface area contributed by atoms with Gasteiger partial charge in [0.25, 0.3) is 0 Å². The predicted molar refractivity (Wildman–Crippen MR) is 107 cm³/mol. The molecule has 0 N–H and O–H groups in total. The van der Waals surface area contributed by atoms with Crippen molar-refractivity contribution in [3.8, 4) is 0 Å². The monoisotopic (exact) mass is 375 g/mol. The first-order valence-corrected chi connectivity index (χ1v) is 10.3. The van der Waals surface area contributed by atoms with Crippen molar-refractivity contribution in [2.45, 2.75) is 12.3 Å². The standard InChI is InChI=1S/C18H21ClN4OP/c1-22(2)11-13-10-14(12-8-6-5-7-9-12)15-16(19)21-18(24)23(25(3)4)17(15)20-13/h5-9,14H,3,10-11H2,1-2,4H3/q+1. The van der Waals surface area contributed by atoms with Gasteiger partial charge in [-0.15, -0.1) is 0 Å². The van der Waals surface area contributed by atoms with Crippen LogP contribution in [0, 0.1) is 0 Å². The van der Waals surface area contributed by atoms with Crippen LogP contribution in [0.25, 0.3) is 0 Å². The number of hydrogen-bond acceptors (Lipinski definition) is 4. The Labute approximate surface area is 153 Å². The summed E-state index contributed by atoms with van der Waals surface area (Å²) in [5, 5.41) is 0.245.